The molecule has 0 saturated carbocycles. The molecule has 0 aromatic heterocycles. The molecule has 0 radical (unpaired) electrons. The van der Waals surface area contributed by atoms with Gasteiger partial charge in [0.2, 0.25) is 0 Å². The third kappa shape index (κ3) is 3.13. The molecule has 0 spiro atoms. The van der Waals surface area contributed by atoms with E-state index in [0.717, 1.165) is 0 Å². The summed E-state index contributed by atoms with van der Waals surface area (Å²) in [6.45, 7) is 0.973. The summed E-state index contributed by atoms with van der Waals surface area (Å²) in [7, 11) is 1.60. The number of halogens is 1. The Morgan fingerprint density at radius 3 is 2.77 bits per heavy atom. The summed E-state index contributed by atoms with van der Waals surface area (Å²) in [6, 6.07) is 4.74. The number of ether oxygens (including phenoxy) is 2. The molecule has 0 atom stereocenters. The lowest BCUT2D eigenvalue weighted by molar-refractivity contribution is 0.146. The fraction of sp³-hybridized carbons (Fsp3) is 0.333. The van der Waals surface area contributed by atoms with Gasteiger partial charge in [0.25, 0.3) is 0 Å². The number of benzene rings is 1. The van der Waals surface area contributed by atoms with Crippen molar-refractivity contribution in [1.82, 2.24) is 0 Å². The van der Waals surface area contributed by atoms with Crippen LogP contribution >= 0.6 is 11.6 Å². The molecule has 0 saturated heterocycles. The Morgan fingerprint density at radius 1 is 1.38 bits per heavy atom. The van der Waals surface area contributed by atoms with Crippen LogP contribution in [0.3, 0.4) is 0 Å². The summed E-state index contributed by atoms with van der Waals surface area (Å²) in [6.07, 6.45) is 0. The van der Waals surface area contributed by atoms with Crippen molar-refractivity contribution in [1.29, 1.82) is 0 Å². The number of phenols is 1. The summed E-state index contributed by atoms with van der Waals surface area (Å²) in [5, 5.41) is 9.53. The first-order chi connectivity index (χ1) is 6.24. The van der Waals surface area contributed by atoms with Crippen LogP contribution in [-0.4, -0.2) is 25.4 Å². The highest BCUT2D eigenvalue weighted by Gasteiger charge is 1.99. The predicted octanol–water partition coefficient (Wildman–Crippen LogP) is 2.07. The second kappa shape index (κ2) is 4.94. The van der Waals surface area contributed by atoms with Crippen molar-refractivity contribution in [2.24, 2.45) is 0 Å². The minimum atomic E-state index is 0.0246. The van der Waals surface area contributed by atoms with Crippen molar-refractivity contribution in [3.05, 3.63) is 23.2 Å². The normalized spacial score (nSPS) is 10.0. The third-order valence-corrected chi connectivity index (χ3v) is 1.79. The monoisotopic (exact) mass is 202 g/mol. The lowest BCUT2D eigenvalue weighted by atomic mass is 10.3. The predicted molar refractivity (Wildman–Crippen MR) is 50.5 cm³/mol. The molecular formula is C9H11ClO3. The molecular weight excluding hydrogens is 192 g/mol. The smallest absolute Gasteiger partial charge is 0.137 e. The van der Waals surface area contributed by atoms with Crippen LogP contribution in [0.25, 0.3) is 0 Å². The maximum Gasteiger partial charge on any atom is 0.137 e. The number of methoxy groups -OCH3 is 1. The van der Waals surface area contributed by atoms with Gasteiger partial charge >= 0.3 is 0 Å². The fourth-order valence-electron chi connectivity index (χ4n) is 0.825. The van der Waals surface area contributed by atoms with E-state index in [4.69, 9.17) is 21.1 Å². The van der Waals surface area contributed by atoms with E-state index in [-0.39, 0.29) is 5.75 Å². The van der Waals surface area contributed by atoms with E-state index in [9.17, 15) is 5.11 Å². The molecule has 0 fully saturated rings. The summed E-state index contributed by atoms with van der Waals surface area (Å²) in [5.41, 5.74) is 0. The minimum absolute atomic E-state index is 0.0246. The average molecular weight is 203 g/mol. The molecule has 4 heteroatoms. The van der Waals surface area contributed by atoms with Gasteiger partial charge in [0, 0.05) is 13.2 Å². The number of aromatic hydroxyl groups is 1. The van der Waals surface area contributed by atoms with Crippen LogP contribution in [0.15, 0.2) is 18.2 Å². The standard InChI is InChI=1S/C9H11ClO3/c1-12-4-5-13-7-2-3-8(10)9(11)6-7/h2-3,6,11H,4-5H2,1H3. The van der Waals surface area contributed by atoms with E-state index < -0.39 is 0 Å². The number of phenolic OH excluding ortho intramolecular Hbond substituents is 1. The molecule has 1 aromatic carbocycles. The quantitative estimate of drug-likeness (QED) is 0.760. The molecule has 1 N–H and O–H groups in total. The van der Waals surface area contributed by atoms with Crippen LogP contribution in [0.4, 0.5) is 0 Å². The van der Waals surface area contributed by atoms with Crippen molar-refractivity contribution in [2.75, 3.05) is 20.3 Å². The van der Waals surface area contributed by atoms with Crippen molar-refractivity contribution in [3.63, 3.8) is 0 Å². The van der Waals surface area contributed by atoms with Gasteiger partial charge < -0.3 is 14.6 Å². The second-order valence-electron chi connectivity index (χ2n) is 2.45. The highest BCUT2D eigenvalue weighted by molar-refractivity contribution is 6.32. The van der Waals surface area contributed by atoms with E-state index in [1.165, 1.54) is 6.07 Å². The Kier molecular flexibility index (Phi) is 3.86. The Bertz CT molecular complexity index is 276. The fourth-order valence-corrected chi connectivity index (χ4v) is 0.943. The zero-order valence-corrected chi connectivity index (χ0v) is 8.04. The summed E-state index contributed by atoms with van der Waals surface area (Å²) in [5.74, 6) is 0.607. The molecule has 0 unspecified atom stereocenters. The zero-order valence-electron chi connectivity index (χ0n) is 7.29. The molecule has 0 aliphatic carbocycles. The Labute approximate surface area is 81.9 Å². The van der Waals surface area contributed by atoms with Gasteiger partial charge in [0.1, 0.15) is 18.1 Å². The van der Waals surface area contributed by atoms with Crippen molar-refractivity contribution in [3.8, 4) is 11.5 Å². The third-order valence-electron chi connectivity index (χ3n) is 1.47. The molecule has 0 bridgehead atoms. The van der Waals surface area contributed by atoms with Gasteiger partial charge in [-0.15, -0.1) is 0 Å². The first-order valence-electron chi connectivity index (χ1n) is 3.84. The highest BCUT2D eigenvalue weighted by Crippen LogP contribution is 2.27. The first kappa shape index (κ1) is 10.2. The van der Waals surface area contributed by atoms with Crippen LogP contribution in [0.1, 0.15) is 0 Å². The summed E-state index contributed by atoms with van der Waals surface area (Å²) < 4.78 is 10.0. The molecule has 1 aromatic rings. The lowest BCUT2D eigenvalue weighted by Crippen LogP contribution is -2.03. The van der Waals surface area contributed by atoms with Crippen molar-refractivity contribution in [2.45, 2.75) is 0 Å². The maximum absolute atomic E-state index is 9.21. The van der Waals surface area contributed by atoms with Crippen molar-refractivity contribution < 1.29 is 14.6 Å². The summed E-state index contributed by atoms with van der Waals surface area (Å²) in [4.78, 5) is 0. The molecule has 0 aliphatic heterocycles. The number of rotatable bonds is 4. The van der Waals surface area contributed by atoms with Gasteiger partial charge in [-0.1, -0.05) is 11.6 Å². The molecule has 0 aliphatic rings. The Balaban J connectivity index is 2.53. The van der Waals surface area contributed by atoms with Crippen molar-refractivity contribution >= 4 is 11.6 Å². The second-order valence-corrected chi connectivity index (χ2v) is 2.86. The van der Waals surface area contributed by atoms with E-state index >= 15 is 0 Å². The van der Waals surface area contributed by atoms with Crippen LogP contribution in [-0.2, 0) is 4.74 Å². The number of hydrogen-bond donors (Lipinski definition) is 1. The van der Waals surface area contributed by atoms with Gasteiger partial charge in [0.05, 0.1) is 11.6 Å². The van der Waals surface area contributed by atoms with Gasteiger partial charge in [-0.3, -0.25) is 0 Å². The van der Waals surface area contributed by atoms with E-state index in [2.05, 4.69) is 0 Å². The molecule has 13 heavy (non-hydrogen) atoms. The molecule has 3 nitrogen and oxygen atoms in total. The van der Waals surface area contributed by atoms with Crippen LogP contribution in [0.2, 0.25) is 5.02 Å². The molecule has 1 rings (SSSR count). The average Bonchev–Trinajstić information content (AvgIpc) is 2.12. The summed E-state index contributed by atoms with van der Waals surface area (Å²) >= 11 is 5.61. The van der Waals surface area contributed by atoms with Gasteiger partial charge in [0.15, 0.2) is 0 Å². The molecule has 0 amide bonds. The largest absolute Gasteiger partial charge is 0.506 e. The van der Waals surface area contributed by atoms with Crippen LogP contribution < -0.4 is 4.74 Å². The van der Waals surface area contributed by atoms with Gasteiger partial charge in [-0.25, -0.2) is 0 Å². The van der Waals surface area contributed by atoms with E-state index in [1.807, 2.05) is 0 Å². The van der Waals surface area contributed by atoms with Gasteiger partial charge in [-0.2, -0.15) is 0 Å². The highest BCUT2D eigenvalue weighted by atomic mass is 35.5. The number of hydrogen-bond acceptors (Lipinski definition) is 3. The zero-order chi connectivity index (χ0) is 9.68. The minimum Gasteiger partial charge on any atom is -0.506 e. The van der Waals surface area contributed by atoms with Crippen LogP contribution in [0.5, 0.6) is 11.5 Å². The van der Waals surface area contributed by atoms with E-state index in [1.54, 1.807) is 19.2 Å². The molecule has 0 heterocycles. The van der Waals surface area contributed by atoms with Crippen LogP contribution in [0, 0.1) is 0 Å². The SMILES string of the molecule is COCCOc1ccc(Cl)c(O)c1. The first-order valence-corrected chi connectivity index (χ1v) is 4.22. The van der Waals surface area contributed by atoms with E-state index in [0.29, 0.717) is 24.0 Å². The lowest BCUT2D eigenvalue weighted by Gasteiger charge is -2.05. The Hall–Kier alpha value is -0.930. The Morgan fingerprint density at radius 2 is 2.15 bits per heavy atom. The maximum atomic E-state index is 9.21. The van der Waals surface area contributed by atoms with Gasteiger partial charge in [-0.05, 0) is 12.1 Å². The topological polar surface area (TPSA) is 38.7 Å². The molecule has 72 valence electrons.